The second-order valence-corrected chi connectivity index (χ2v) is 6.29. The van der Waals surface area contributed by atoms with E-state index in [9.17, 15) is 4.79 Å². The number of thiocarbonyl (C=S) groups is 1. The molecule has 0 amide bonds. The molecule has 0 aromatic heterocycles. The summed E-state index contributed by atoms with van der Waals surface area (Å²) in [5, 5.41) is 6.61. The smallest absolute Gasteiger partial charge is 0.338 e. The molecule has 0 fully saturated rings. The summed E-state index contributed by atoms with van der Waals surface area (Å²) in [6.45, 7) is 6.25. The number of hydrogen-bond acceptors (Lipinski definition) is 3. The highest BCUT2D eigenvalue weighted by atomic mass is 32.1. The van der Waals surface area contributed by atoms with E-state index in [1.165, 1.54) is 0 Å². The lowest BCUT2D eigenvalue weighted by Crippen LogP contribution is -2.49. The van der Waals surface area contributed by atoms with Crippen LogP contribution in [0, 0.1) is 5.92 Å². The summed E-state index contributed by atoms with van der Waals surface area (Å²) in [7, 11) is 0. The Balaban J connectivity index is 2.20. The molecule has 1 aliphatic rings. The zero-order valence-electron chi connectivity index (χ0n) is 13.6. The van der Waals surface area contributed by atoms with Gasteiger partial charge in [-0.1, -0.05) is 56.3 Å². The fourth-order valence-electron chi connectivity index (χ4n) is 2.24. The van der Waals surface area contributed by atoms with Crippen molar-refractivity contribution < 1.29 is 9.53 Å². The number of ether oxygens (including phenoxy) is 1. The van der Waals surface area contributed by atoms with Crippen LogP contribution in [0.5, 0.6) is 0 Å². The molecular weight excluding hydrogens is 308 g/mol. The standard InChI is InChI=1S/C18H22N2O2S/c1-12(2)11-22-17(21)16-13(3)19-18(23)20-15(16)10-9-14-7-5-4-6-8-14/h4-10,12,15H,11H2,1-3H3,(H2,19,20,23)/b10-9+. The Morgan fingerprint density at radius 1 is 1.35 bits per heavy atom. The minimum absolute atomic E-state index is 0.295. The number of nitrogens with one attached hydrogen (secondary N) is 2. The van der Waals surface area contributed by atoms with E-state index >= 15 is 0 Å². The first kappa shape index (κ1) is 17.2. The highest BCUT2D eigenvalue weighted by molar-refractivity contribution is 7.80. The Kier molecular flexibility index (Phi) is 5.93. The maximum atomic E-state index is 12.4. The van der Waals surface area contributed by atoms with Crippen LogP contribution < -0.4 is 10.6 Å². The predicted molar refractivity (Wildman–Crippen MR) is 96.6 cm³/mol. The van der Waals surface area contributed by atoms with E-state index in [1.807, 2.05) is 63.3 Å². The molecule has 5 heteroatoms. The van der Waals surface area contributed by atoms with E-state index in [0.29, 0.717) is 23.2 Å². The SMILES string of the molecule is CC1=C(C(=O)OCC(C)C)C(/C=C/c2ccccc2)NC(=S)N1. The van der Waals surface area contributed by atoms with Gasteiger partial charge in [0.15, 0.2) is 5.11 Å². The van der Waals surface area contributed by atoms with Gasteiger partial charge in [0.2, 0.25) is 0 Å². The maximum Gasteiger partial charge on any atom is 0.338 e. The number of carbonyl (C=O) groups is 1. The quantitative estimate of drug-likeness (QED) is 0.642. The van der Waals surface area contributed by atoms with Gasteiger partial charge in [-0.25, -0.2) is 4.79 Å². The average molecular weight is 330 g/mol. The summed E-state index contributed by atoms with van der Waals surface area (Å²) in [6.07, 6.45) is 3.90. The molecule has 1 aromatic carbocycles. The summed E-state index contributed by atoms with van der Waals surface area (Å²) in [5.74, 6) is -0.0230. The average Bonchev–Trinajstić information content (AvgIpc) is 2.51. The molecule has 1 unspecified atom stereocenters. The molecule has 2 N–H and O–H groups in total. The van der Waals surface area contributed by atoms with Gasteiger partial charge >= 0.3 is 5.97 Å². The molecule has 1 aliphatic heterocycles. The van der Waals surface area contributed by atoms with Crippen LogP contribution in [0.15, 0.2) is 47.7 Å². The van der Waals surface area contributed by atoms with Crippen LogP contribution in [0.2, 0.25) is 0 Å². The van der Waals surface area contributed by atoms with Gasteiger partial charge in [0.25, 0.3) is 0 Å². The van der Waals surface area contributed by atoms with Crippen molar-refractivity contribution in [1.82, 2.24) is 10.6 Å². The van der Waals surface area contributed by atoms with Gasteiger partial charge in [-0.05, 0) is 30.6 Å². The molecule has 2 rings (SSSR count). The first-order chi connectivity index (χ1) is 11.0. The van der Waals surface area contributed by atoms with Gasteiger partial charge in [0.05, 0.1) is 18.2 Å². The van der Waals surface area contributed by atoms with Gasteiger partial charge in [0.1, 0.15) is 0 Å². The summed E-state index contributed by atoms with van der Waals surface area (Å²) in [6, 6.07) is 9.61. The Morgan fingerprint density at radius 2 is 2.04 bits per heavy atom. The molecule has 122 valence electrons. The number of allylic oxidation sites excluding steroid dienone is 1. The van der Waals surface area contributed by atoms with Crippen LogP contribution in [0.1, 0.15) is 26.3 Å². The van der Waals surface area contributed by atoms with Gasteiger partial charge in [-0.3, -0.25) is 0 Å². The zero-order chi connectivity index (χ0) is 16.8. The molecule has 0 saturated heterocycles. The third-order valence-electron chi connectivity index (χ3n) is 3.35. The largest absolute Gasteiger partial charge is 0.462 e. The molecule has 0 bridgehead atoms. The summed E-state index contributed by atoms with van der Waals surface area (Å²) in [5.41, 5.74) is 2.35. The number of rotatable bonds is 5. The molecule has 0 aliphatic carbocycles. The Hall–Kier alpha value is -2.14. The first-order valence-electron chi connectivity index (χ1n) is 7.66. The van der Waals surface area contributed by atoms with Gasteiger partial charge < -0.3 is 15.4 Å². The molecular formula is C18H22N2O2S. The Morgan fingerprint density at radius 3 is 2.70 bits per heavy atom. The highest BCUT2D eigenvalue weighted by Crippen LogP contribution is 2.17. The minimum atomic E-state index is -0.318. The number of carbonyl (C=O) groups excluding carboxylic acids is 1. The summed E-state index contributed by atoms with van der Waals surface area (Å²) in [4.78, 5) is 12.4. The van der Waals surface area contributed by atoms with Crippen LogP contribution in [0.4, 0.5) is 0 Å². The van der Waals surface area contributed by atoms with Crippen LogP contribution in [0.3, 0.4) is 0 Å². The molecule has 1 aromatic rings. The van der Waals surface area contributed by atoms with Gasteiger partial charge in [-0.15, -0.1) is 0 Å². The molecule has 0 saturated carbocycles. The van der Waals surface area contributed by atoms with Crippen LogP contribution in [-0.2, 0) is 9.53 Å². The molecule has 0 spiro atoms. The molecule has 1 heterocycles. The topological polar surface area (TPSA) is 50.4 Å². The van der Waals surface area contributed by atoms with Crippen molar-refractivity contribution >= 4 is 29.4 Å². The lowest BCUT2D eigenvalue weighted by Gasteiger charge is -2.27. The molecule has 23 heavy (non-hydrogen) atoms. The minimum Gasteiger partial charge on any atom is -0.462 e. The zero-order valence-corrected chi connectivity index (χ0v) is 14.4. The third-order valence-corrected chi connectivity index (χ3v) is 3.57. The Labute approximate surface area is 142 Å². The van der Waals surface area contributed by atoms with E-state index in [0.717, 1.165) is 11.3 Å². The van der Waals surface area contributed by atoms with Crippen LogP contribution in [-0.4, -0.2) is 23.7 Å². The highest BCUT2D eigenvalue weighted by Gasteiger charge is 2.28. The van der Waals surface area contributed by atoms with E-state index in [4.69, 9.17) is 17.0 Å². The van der Waals surface area contributed by atoms with E-state index in [1.54, 1.807) is 0 Å². The second-order valence-electron chi connectivity index (χ2n) is 5.88. The number of benzene rings is 1. The van der Waals surface area contributed by atoms with Crippen LogP contribution >= 0.6 is 12.2 Å². The van der Waals surface area contributed by atoms with Crippen molar-refractivity contribution in [1.29, 1.82) is 0 Å². The van der Waals surface area contributed by atoms with Crippen LogP contribution in [0.25, 0.3) is 6.08 Å². The van der Waals surface area contributed by atoms with Crippen molar-refractivity contribution in [2.45, 2.75) is 26.8 Å². The van der Waals surface area contributed by atoms with Crippen molar-refractivity contribution in [2.24, 2.45) is 5.92 Å². The van der Waals surface area contributed by atoms with E-state index in [-0.39, 0.29) is 12.0 Å². The van der Waals surface area contributed by atoms with Gasteiger partial charge in [-0.2, -0.15) is 0 Å². The number of hydrogen-bond donors (Lipinski definition) is 2. The second kappa shape index (κ2) is 7.92. The van der Waals surface area contributed by atoms with Crippen molar-refractivity contribution in [2.75, 3.05) is 6.61 Å². The summed E-state index contributed by atoms with van der Waals surface area (Å²) >= 11 is 5.19. The van der Waals surface area contributed by atoms with Gasteiger partial charge in [0, 0.05) is 5.70 Å². The van der Waals surface area contributed by atoms with E-state index < -0.39 is 0 Å². The van der Waals surface area contributed by atoms with Crippen molar-refractivity contribution in [3.63, 3.8) is 0 Å². The summed E-state index contributed by atoms with van der Waals surface area (Å²) < 4.78 is 5.38. The van der Waals surface area contributed by atoms with Crippen molar-refractivity contribution in [3.05, 3.63) is 53.2 Å². The Bertz CT molecular complexity index is 636. The maximum absolute atomic E-state index is 12.4. The fourth-order valence-corrected chi connectivity index (χ4v) is 2.52. The fraction of sp³-hybridized carbons (Fsp3) is 0.333. The molecule has 0 radical (unpaired) electrons. The van der Waals surface area contributed by atoms with E-state index in [2.05, 4.69) is 10.6 Å². The lowest BCUT2D eigenvalue weighted by molar-refractivity contribution is -0.140. The lowest BCUT2D eigenvalue weighted by atomic mass is 10.0. The van der Waals surface area contributed by atoms with Crippen molar-refractivity contribution in [3.8, 4) is 0 Å². The normalized spacial score (nSPS) is 18.1. The third kappa shape index (κ3) is 4.93. The first-order valence-corrected chi connectivity index (χ1v) is 8.07. The molecule has 1 atom stereocenters. The monoisotopic (exact) mass is 330 g/mol. The molecule has 4 nitrogen and oxygen atoms in total. The predicted octanol–water partition coefficient (Wildman–Crippen LogP) is 3.02. The number of esters is 1.